The summed E-state index contributed by atoms with van der Waals surface area (Å²) in [5.74, 6) is -0.833. The summed E-state index contributed by atoms with van der Waals surface area (Å²) in [6.45, 7) is 8.47. The number of fused-ring (bicyclic) bond motifs is 2. The van der Waals surface area contributed by atoms with Crippen LogP contribution in [-0.4, -0.2) is 56.7 Å². The fourth-order valence-electron chi connectivity index (χ4n) is 4.48. The maximum absolute atomic E-state index is 15.7. The minimum absolute atomic E-state index is 0.123. The number of likely N-dealkylation sites (tertiary alicyclic amines) is 1. The molecule has 166 valence electrons. The molecule has 2 aromatic carbocycles. The van der Waals surface area contributed by atoms with Gasteiger partial charge in [0.25, 0.3) is 5.91 Å². The van der Waals surface area contributed by atoms with Gasteiger partial charge in [-0.15, -0.1) is 0 Å². The number of carbonyl (C=O) groups excluding carboxylic acids is 2. The van der Waals surface area contributed by atoms with Crippen molar-refractivity contribution in [1.82, 2.24) is 20.0 Å². The highest BCUT2D eigenvalue weighted by atomic mass is 19.1. The minimum Gasteiger partial charge on any atom is -0.444 e. The van der Waals surface area contributed by atoms with Crippen molar-refractivity contribution in [2.24, 2.45) is 0 Å². The number of aromatic amines is 1. The highest BCUT2D eigenvalue weighted by Crippen LogP contribution is 2.38. The Morgan fingerprint density at radius 1 is 1.19 bits per heavy atom. The van der Waals surface area contributed by atoms with Crippen molar-refractivity contribution >= 4 is 22.9 Å². The first-order valence-electron chi connectivity index (χ1n) is 10.7. The van der Waals surface area contributed by atoms with Gasteiger partial charge in [-0.05, 0) is 50.5 Å². The van der Waals surface area contributed by atoms with E-state index in [0.717, 1.165) is 22.0 Å². The van der Waals surface area contributed by atoms with Crippen LogP contribution in [0.2, 0.25) is 0 Å². The first-order chi connectivity index (χ1) is 15.1. The first kappa shape index (κ1) is 20.5. The third-order valence-corrected chi connectivity index (χ3v) is 6.10. The molecule has 1 saturated heterocycles. The topological polar surface area (TPSA) is 78.5 Å². The van der Waals surface area contributed by atoms with Crippen LogP contribution in [0.3, 0.4) is 0 Å². The SMILES string of the molecule is Cc1ccc2[nH]ncc2c1-c1ccc2c(c1F)C(=O)N(C1CN(C(=O)OC(C)(C)C)C1)C2. The van der Waals surface area contributed by atoms with Crippen LogP contribution < -0.4 is 0 Å². The van der Waals surface area contributed by atoms with Crippen LogP contribution in [0.15, 0.2) is 30.5 Å². The smallest absolute Gasteiger partial charge is 0.410 e. The molecule has 7 nitrogen and oxygen atoms in total. The van der Waals surface area contributed by atoms with Crippen LogP contribution >= 0.6 is 0 Å². The Morgan fingerprint density at radius 3 is 2.66 bits per heavy atom. The summed E-state index contributed by atoms with van der Waals surface area (Å²) in [6, 6.07) is 7.24. The number of carbonyl (C=O) groups is 2. The van der Waals surface area contributed by atoms with Gasteiger partial charge in [-0.25, -0.2) is 9.18 Å². The Balaban J connectivity index is 1.40. The van der Waals surface area contributed by atoms with Crippen molar-refractivity contribution in [1.29, 1.82) is 0 Å². The van der Waals surface area contributed by atoms with E-state index in [1.54, 1.807) is 22.1 Å². The molecular formula is C24H25FN4O3. The molecule has 3 aromatic rings. The molecule has 0 aliphatic carbocycles. The molecule has 8 heteroatoms. The second-order valence-corrected chi connectivity index (χ2v) is 9.52. The van der Waals surface area contributed by atoms with Gasteiger partial charge in [-0.2, -0.15) is 5.10 Å². The van der Waals surface area contributed by atoms with E-state index in [2.05, 4.69) is 10.2 Å². The number of hydrogen-bond acceptors (Lipinski definition) is 4. The molecule has 0 unspecified atom stereocenters. The zero-order valence-electron chi connectivity index (χ0n) is 18.5. The standard InChI is InChI=1S/C24H25FN4O3/c1-13-5-8-18-17(9-26-27-18)19(13)16-7-6-14-10-29(22(30)20(14)21(16)25)15-11-28(12-15)23(31)32-24(2,3)4/h5-9,15H,10-12H2,1-4H3,(H,26,27). The number of nitrogens with one attached hydrogen (secondary N) is 1. The lowest BCUT2D eigenvalue weighted by atomic mass is 9.93. The first-order valence-corrected chi connectivity index (χ1v) is 10.7. The van der Waals surface area contributed by atoms with Gasteiger partial charge in [0, 0.05) is 30.6 Å². The molecule has 0 bridgehead atoms. The average Bonchev–Trinajstić information content (AvgIpc) is 3.25. The molecular weight excluding hydrogens is 411 g/mol. The van der Waals surface area contributed by atoms with E-state index >= 15 is 4.39 Å². The lowest BCUT2D eigenvalue weighted by molar-refractivity contribution is -0.0125. The van der Waals surface area contributed by atoms with Gasteiger partial charge in [0.2, 0.25) is 0 Å². The van der Waals surface area contributed by atoms with Gasteiger partial charge in [0.1, 0.15) is 11.4 Å². The highest BCUT2D eigenvalue weighted by Gasteiger charge is 2.43. The molecule has 1 fully saturated rings. The second kappa shape index (κ2) is 7.05. The number of aromatic nitrogens is 2. The number of ether oxygens (including phenoxy) is 1. The molecule has 0 radical (unpaired) electrons. The molecule has 32 heavy (non-hydrogen) atoms. The fraction of sp³-hybridized carbons (Fsp3) is 0.375. The zero-order valence-corrected chi connectivity index (χ0v) is 18.5. The number of amides is 2. The van der Waals surface area contributed by atoms with E-state index in [1.807, 2.05) is 45.9 Å². The average molecular weight is 436 g/mol. The van der Waals surface area contributed by atoms with E-state index < -0.39 is 17.5 Å². The van der Waals surface area contributed by atoms with Crippen LogP contribution in [0.25, 0.3) is 22.0 Å². The molecule has 2 aliphatic heterocycles. The molecule has 2 amide bonds. The van der Waals surface area contributed by atoms with Crippen LogP contribution in [0.1, 0.15) is 42.3 Å². The number of H-pyrrole nitrogens is 1. The zero-order chi connectivity index (χ0) is 22.8. The molecule has 0 atom stereocenters. The predicted octanol–water partition coefficient (Wildman–Crippen LogP) is 4.25. The van der Waals surface area contributed by atoms with E-state index in [-0.39, 0.29) is 17.5 Å². The molecule has 1 aromatic heterocycles. The number of nitrogens with zero attached hydrogens (tertiary/aromatic N) is 3. The molecule has 0 spiro atoms. The van der Waals surface area contributed by atoms with Crippen LogP contribution in [0, 0.1) is 12.7 Å². The van der Waals surface area contributed by atoms with Crippen molar-refractivity contribution in [3.63, 3.8) is 0 Å². The Bertz CT molecular complexity index is 1250. The number of benzene rings is 2. The molecule has 0 saturated carbocycles. The van der Waals surface area contributed by atoms with Crippen LogP contribution in [0.5, 0.6) is 0 Å². The summed E-state index contributed by atoms with van der Waals surface area (Å²) >= 11 is 0. The van der Waals surface area contributed by atoms with Crippen LogP contribution in [0.4, 0.5) is 9.18 Å². The Hall–Kier alpha value is -3.42. The molecule has 1 N–H and O–H groups in total. The van der Waals surface area contributed by atoms with Crippen molar-refractivity contribution in [2.75, 3.05) is 13.1 Å². The lowest BCUT2D eigenvalue weighted by Gasteiger charge is -2.43. The Labute approximate surface area is 185 Å². The van der Waals surface area contributed by atoms with E-state index in [4.69, 9.17) is 4.74 Å². The van der Waals surface area contributed by atoms with Crippen molar-refractivity contribution < 1.29 is 18.7 Å². The van der Waals surface area contributed by atoms with Crippen molar-refractivity contribution in [2.45, 2.75) is 45.9 Å². The molecule has 5 rings (SSSR count). The van der Waals surface area contributed by atoms with E-state index in [0.29, 0.717) is 30.8 Å². The van der Waals surface area contributed by atoms with Gasteiger partial charge in [0.15, 0.2) is 0 Å². The second-order valence-electron chi connectivity index (χ2n) is 9.52. The Kier molecular flexibility index (Phi) is 4.51. The van der Waals surface area contributed by atoms with Gasteiger partial charge >= 0.3 is 6.09 Å². The summed E-state index contributed by atoms with van der Waals surface area (Å²) in [7, 11) is 0. The predicted molar refractivity (Wildman–Crippen MR) is 118 cm³/mol. The largest absolute Gasteiger partial charge is 0.444 e. The van der Waals surface area contributed by atoms with Crippen molar-refractivity contribution in [3.8, 4) is 11.1 Å². The van der Waals surface area contributed by atoms with E-state index in [9.17, 15) is 9.59 Å². The normalized spacial score (nSPS) is 16.5. The summed E-state index contributed by atoms with van der Waals surface area (Å²) in [6.07, 6.45) is 1.29. The number of aryl methyl sites for hydroxylation is 1. The molecule has 3 heterocycles. The summed E-state index contributed by atoms with van der Waals surface area (Å²) in [5.41, 5.74) is 3.08. The van der Waals surface area contributed by atoms with Crippen LogP contribution in [-0.2, 0) is 11.3 Å². The number of hydrogen-bond donors (Lipinski definition) is 1. The van der Waals surface area contributed by atoms with Gasteiger partial charge in [-0.1, -0.05) is 18.2 Å². The lowest BCUT2D eigenvalue weighted by Crippen LogP contribution is -2.61. The molecule has 2 aliphatic rings. The summed E-state index contributed by atoms with van der Waals surface area (Å²) in [5, 5.41) is 7.81. The monoisotopic (exact) mass is 436 g/mol. The van der Waals surface area contributed by atoms with Gasteiger partial charge in [0.05, 0.1) is 23.3 Å². The minimum atomic E-state index is -0.572. The maximum Gasteiger partial charge on any atom is 0.410 e. The summed E-state index contributed by atoms with van der Waals surface area (Å²) < 4.78 is 21.1. The number of halogens is 1. The third kappa shape index (κ3) is 3.21. The quantitative estimate of drug-likeness (QED) is 0.651. The van der Waals surface area contributed by atoms with Gasteiger partial charge < -0.3 is 14.5 Å². The fourth-order valence-corrected chi connectivity index (χ4v) is 4.48. The Morgan fingerprint density at radius 2 is 1.94 bits per heavy atom. The maximum atomic E-state index is 15.7. The number of rotatable bonds is 2. The third-order valence-electron chi connectivity index (χ3n) is 6.10. The van der Waals surface area contributed by atoms with E-state index in [1.165, 1.54) is 0 Å². The summed E-state index contributed by atoms with van der Waals surface area (Å²) in [4.78, 5) is 28.6. The highest BCUT2D eigenvalue weighted by molar-refractivity contribution is 6.02. The van der Waals surface area contributed by atoms with Gasteiger partial charge in [-0.3, -0.25) is 9.89 Å². The van der Waals surface area contributed by atoms with Crippen molar-refractivity contribution in [3.05, 3.63) is 53.0 Å².